The highest BCUT2D eigenvalue weighted by atomic mass is 19.1. The fourth-order valence-electron chi connectivity index (χ4n) is 1.92. The van der Waals surface area contributed by atoms with Crippen LogP contribution in [-0.2, 0) is 6.54 Å². The summed E-state index contributed by atoms with van der Waals surface area (Å²) in [7, 11) is 0. The Hall–Kier alpha value is -0.890. The third-order valence-electron chi connectivity index (χ3n) is 3.11. The average Bonchev–Trinajstić information content (AvgIpc) is 2.23. The highest BCUT2D eigenvalue weighted by Gasteiger charge is 2.10. The molecule has 1 aromatic carbocycles. The van der Waals surface area contributed by atoms with Gasteiger partial charge in [-0.1, -0.05) is 26.8 Å². The van der Waals surface area contributed by atoms with E-state index in [1.54, 1.807) is 6.07 Å². The van der Waals surface area contributed by atoms with Gasteiger partial charge in [0.25, 0.3) is 0 Å². The number of hydrogen-bond acceptors (Lipinski definition) is 1. The molecule has 0 saturated heterocycles. The summed E-state index contributed by atoms with van der Waals surface area (Å²) in [5, 5.41) is 3.49. The molecule has 0 spiro atoms. The predicted molar refractivity (Wildman–Crippen MR) is 66.9 cm³/mol. The van der Waals surface area contributed by atoms with Crippen molar-refractivity contribution >= 4 is 0 Å². The van der Waals surface area contributed by atoms with Crippen molar-refractivity contribution in [3.05, 3.63) is 35.1 Å². The summed E-state index contributed by atoms with van der Waals surface area (Å²) < 4.78 is 13.1. The van der Waals surface area contributed by atoms with Gasteiger partial charge in [0.05, 0.1) is 0 Å². The molecular weight excluding hydrogens is 201 g/mol. The second kappa shape index (κ2) is 6.00. The minimum absolute atomic E-state index is 0.153. The Morgan fingerprint density at radius 3 is 2.56 bits per heavy atom. The Labute approximate surface area is 98.1 Å². The van der Waals surface area contributed by atoms with Crippen LogP contribution >= 0.6 is 0 Å². The van der Waals surface area contributed by atoms with Crippen molar-refractivity contribution in [2.45, 2.75) is 46.7 Å². The molecule has 0 aliphatic carbocycles. The van der Waals surface area contributed by atoms with Gasteiger partial charge in [-0.25, -0.2) is 4.39 Å². The fourth-order valence-corrected chi connectivity index (χ4v) is 1.92. The molecule has 90 valence electrons. The first-order valence-electron chi connectivity index (χ1n) is 6.03. The standard InChI is InChI=1S/C14H22FN/c1-5-14(10(2)3)16-9-12-8-13(15)7-6-11(12)4/h6-8,10,14,16H,5,9H2,1-4H3. The van der Waals surface area contributed by atoms with Crippen LogP contribution in [-0.4, -0.2) is 6.04 Å². The van der Waals surface area contributed by atoms with E-state index in [1.807, 2.05) is 13.0 Å². The highest BCUT2D eigenvalue weighted by molar-refractivity contribution is 5.26. The molecular formula is C14H22FN. The highest BCUT2D eigenvalue weighted by Crippen LogP contribution is 2.12. The van der Waals surface area contributed by atoms with Crippen LogP contribution in [0.5, 0.6) is 0 Å². The molecule has 1 unspecified atom stereocenters. The molecule has 0 aliphatic rings. The minimum atomic E-state index is -0.153. The van der Waals surface area contributed by atoms with Gasteiger partial charge >= 0.3 is 0 Å². The second-order valence-corrected chi connectivity index (χ2v) is 4.71. The maximum absolute atomic E-state index is 13.1. The zero-order valence-corrected chi connectivity index (χ0v) is 10.7. The fraction of sp³-hybridized carbons (Fsp3) is 0.571. The Balaban J connectivity index is 2.63. The van der Waals surface area contributed by atoms with Gasteiger partial charge in [0.2, 0.25) is 0 Å². The lowest BCUT2D eigenvalue weighted by Crippen LogP contribution is -2.32. The van der Waals surface area contributed by atoms with Gasteiger partial charge in [0.15, 0.2) is 0 Å². The number of halogens is 1. The van der Waals surface area contributed by atoms with Gasteiger partial charge < -0.3 is 5.32 Å². The molecule has 1 nitrogen and oxygen atoms in total. The number of benzene rings is 1. The van der Waals surface area contributed by atoms with Gasteiger partial charge in [0, 0.05) is 12.6 Å². The average molecular weight is 223 g/mol. The van der Waals surface area contributed by atoms with Crippen LogP contribution in [0.25, 0.3) is 0 Å². The Morgan fingerprint density at radius 1 is 1.31 bits per heavy atom. The summed E-state index contributed by atoms with van der Waals surface area (Å²) in [6.45, 7) is 9.36. The number of nitrogens with one attached hydrogen (secondary N) is 1. The smallest absolute Gasteiger partial charge is 0.123 e. The van der Waals surface area contributed by atoms with Crippen LogP contribution in [0.3, 0.4) is 0 Å². The molecule has 1 N–H and O–H groups in total. The van der Waals surface area contributed by atoms with Crippen LogP contribution in [0.15, 0.2) is 18.2 Å². The monoisotopic (exact) mass is 223 g/mol. The van der Waals surface area contributed by atoms with Crippen LogP contribution in [0.4, 0.5) is 4.39 Å². The van der Waals surface area contributed by atoms with Crippen molar-refractivity contribution in [1.82, 2.24) is 5.32 Å². The predicted octanol–water partition coefficient (Wildman–Crippen LogP) is 3.66. The van der Waals surface area contributed by atoms with E-state index in [9.17, 15) is 4.39 Å². The maximum Gasteiger partial charge on any atom is 0.123 e. The van der Waals surface area contributed by atoms with Crippen molar-refractivity contribution in [2.24, 2.45) is 5.92 Å². The van der Waals surface area contributed by atoms with Crippen molar-refractivity contribution in [3.8, 4) is 0 Å². The van der Waals surface area contributed by atoms with Gasteiger partial charge in [-0.3, -0.25) is 0 Å². The van der Waals surface area contributed by atoms with Crippen LogP contribution in [0.2, 0.25) is 0 Å². The zero-order chi connectivity index (χ0) is 12.1. The first kappa shape index (κ1) is 13.2. The summed E-state index contributed by atoms with van der Waals surface area (Å²) in [6.07, 6.45) is 1.10. The molecule has 2 heteroatoms. The van der Waals surface area contributed by atoms with Crippen LogP contribution < -0.4 is 5.32 Å². The van der Waals surface area contributed by atoms with E-state index in [0.29, 0.717) is 12.0 Å². The van der Waals surface area contributed by atoms with Gasteiger partial charge in [-0.2, -0.15) is 0 Å². The normalized spacial score (nSPS) is 13.1. The minimum Gasteiger partial charge on any atom is -0.310 e. The third kappa shape index (κ3) is 3.60. The third-order valence-corrected chi connectivity index (χ3v) is 3.11. The Morgan fingerprint density at radius 2 is 2.00 bits per heavy atom. The zero-order valence-electron chi connectivity index (χ0n) is 10.7. The Kier molecular flexibility index (Phi) is 4.94. The first-order valence-corrected chi connectivity index (χ1v) is 6.03. The van der Waals surface area contributed by atoms with Crippen LogP contribution in [0, 0.1) is 18.7 Å². The van der Waals surface area contributed by atoms with Crippen LogP contribution in [0.1, 0.15) is 38.3 Å². The first-order chi connectivity index (χ1) is 7.54. The molecule has 0 saturated carbocycles. The summed E-state index contributed by atoms with van der Waals surface area (Å²) in [4.78, 5) is 0. The van der Waals surface area contributed by atoms with E-state index >= 15 is 0 Å². The number of aryl methyl sites for hydroxylation is 1. The number of rotatable bonds is 5. The molecule has 0 radical (unpaired) electrons. The summed E-state index contributed by atoms with van der Waals surface area (Å²) >= 11 is 0. The van der Waals surface area contributed by atoms with Crippen molar-refractivity contribution in [2.75, 3.05) is 0 Å². The molecule has 1 aromatic rings. The lowest BCUT2D eigenvalue weighted by molar-refractivity contribution is 0.387. The van der Waals surface area contributed by atoms with E-state index < -0.39 is 0 Å². The largest absolute Gasteiger partial charge is 0.310 e. The van der Waals surface area contributed by atoms with E-state index in [2.05, 4.69) is 26.1 Å². The van der Waals surface area contributed by atoms with Crippen molar-refractivity contribution < 1.29 is 4.39 Å². The lowest BCUT2D eigenvalue weighted by atomic mass is 10.0. The molecule has 0 amide bonds. The summed E-state index contributed by atoms with van der Waals surface area (Å²) in [6, 6.07) is 5.47. The van der Waals surface area contributed by atoms with Crippen molar-refractivity contribution in [3.63, 3.8) is 0 Å². The SMILES string of the molecule is CCC(NCc1cc(F)ccc1C)C(C)C. The molecule has 0 heterocycles. The Bertz CT molecular complexity index is 334. The number of hydrogen-bond donors (Lipinski definition) is 1. The molecule has 0 aromatic heterocycles. The maximum atomic E-state index is 13.1. The molecule has 16 heavy (non-hydrogen) atoms. The second-order valence-electron chi connectivity index (χ2n) is 4.71. The van der Waals surface area contributed by atoms with E-state index in [-0.39, 0.29) is 5.82 Å². The van der Waals surface area contributed by atoms with Gasteiger partial charge in [-0.15, -0.1) is 0 Å². The van der Waals surface area contributed by atoms with E-state index in [0.717, 1.165) is 24.1 Å². The quantitative estimate of drug-likeness (QED) is 0.803. The van der Waals surface area contributed by atoms with E-state index in [1.165, 1.54) is 6.07 Å². The summed E-state index contributed by atoms with van der Waals surface area (Å²) in [5.74, 6) is 0.457. The van der Waals surface area contributed by atoms with E-state index in [4.69, 9.17) is 0 Å². The summed E-state index contributed by atoms with van der Waals surface area (Å²) in [5.41, 5.74) is 2.20. The molecule has 0 bridgehead atoms. The molecule has 0 fully saturated rings. The van der Waals surface area contributed by atoms with Crippen molar-refractivity contribution in [1.29, 1.82) is 0 Å². The molecule has 0 aliphatic heterocycles. The lowest BCUT2D eigenvalue weighted by Gasteiger charge is -2.21. The van der Waals surface area contributed by atoms with Gasteiger partial charge in [-0.05, 0) is 42.5 Å². The molecule has 1 rings (SSSR count). The topological polar surface area (TPSA) is 12.0 Å². The molecule has 1 atom stereocenters. The van der Waals surface area contributed by atoms with Gasteiger partial charge in [0.1, 0.15) is 5.82 Å².